The monoisotopic (exact) mass is 617 g/mol. The predicted molar refractivity (Wildman–Crippen MR) is 187 cm³/mol. The standard InChI is InChI=1S/C40H35N5O2/c1-22-15-23(2)34(24(3)16-22)35-30-14-13-27(42-30)17-26-11-12-28(41-26)18-33-40(4,5)20-32(43-33)36-37-29(19-31(35)44-37)38(46)45(39(36)47)21-25-9-7-6-8-10-25/h6-19,43-44H,20-21H2,1-5H3. The summed E-state index contributed by atoms with van der Waals surface area (Å²) in [5.41, 5.74) is 13.1. The fourth-order valence-electron chi connectivity index (χ4n) is 7.35. The average Bonchev–Trinajstić information content (AvgIpc) is 3.81. The van der Waals surface area contributed by atoms with Crippen molar-refractivity contribution in [2.45, 2.75) is 53.0 Å². The molecule has 47 heavy (non-hydrogen) atoms. The summed E-state index contributed by atoms with van der Waals surface area (Å²) in [7, 11) is 0. The lowest BCUT2D eigenvalue weighted by Crippen LogP contribution is -2.40. The Morgan fingerprint density at radius 2 is 1.43 bits per heavy atom. The lowest BCUT2D eigenvalue weighted by atomic mass is 9.85. The molecule has 0 radical (unpaired) electrons. The molecule has 7 heteroatoms. The van der Waals surface area contributed by atoms with Crippen LogP contribution in [0.2, 0.25) is 0 Å². The van der Waals surface area contributed by atoms with Crippen LogP contribution < -0.4 is 0 Å². The van der Waals surface area contributed by atoms with Gasteiger partial charge in [-0.25, -0.2) is 9.97 Å². The van der Waals surface area contributed by atoms with Crippen LogP contribution >= 0.6 is 0 Å². The summed E-state index contributed by atoms with van der Waals surface area (Å²) < 4.78 is 0. The van der Waals surface area contributed by atoms with Crippen molar-refractivity contribution < 1.29 is 9.59 Å². The Bertz CT molecular complexity index is 2280. The first-order valence-corrected chi connectivity index (χ1v) is 16.0. The lowest BCUT2D eigenvalue weighted by molar-refractivity contribution is 0.0597. The van der Waals surface area contributed by atoms with Gasteiger partial charge in [0, 0.05) is 27.9 Å². The number of aryl methyl sites for hydroxylation is 3. The number of imide groups is 1. The van der Waals surface area contributed by atoms with Crippen molar-refractivity contribution in [2.75, 3.05) is 0 Å². The molecule has 8 bridgehead atoms. The molecule has 0 atom stereocenters. The van der Waals surface area contributed by atoms with Crippen molar-refractivity contribution >= 4 is 47.2 Å². The third-order valence-corrected chi connectivity index (χ3v) is 9.51. The van der Waals surface area contributed by atoms with Gasteiger partial charge in [-0.2, -0.15) is 0 Å². The molecule has 2 amide bonds. The van der Waals surface area contributed by atoms with E-state index in [0.717, 1.165) is 67.5 Å². The number of nitrogens with zero attached hydrogens (tertiary/aromatic N) is 3. The van der Waals surface area contributed by atoms with Gasteiger partial charge >= 0.3 is 0 Å². The third-order valence-electron chi connectivity index (χ3n) is 9.51. The zero-order chi connectivity index (χ0) is 32.6. The zero-order valence-corrected chi connectivity index (χ0v) is 27.2. The Kier molecular flexibility index (Phi) is 6.45. The minimum absolute atomic E-state index is 0.178. The Morgan fingerprint density at radius 1 is 0.745 bits per heavy atom. The highest BCUT2D eigenvalue weighted by molar-refractivity contribution is 6.22. The number of nitrogens with one attached hydrogen (secondary N) is 2. The normalized spacial score (nSPS) is 15.4. The molecule has 0 aliphatic carbocycles. The second-order valence-corrected chi connectivity index (χ2v) is 13.6. The van der Waals surface area contributed by atoms with Gasteiger partial charge in [0.05, 0.1) is 46.0 Å². The largest absolute Gasteiger partial charge is 0.361 e. The van der Waals surface area contributed by atoms with Crippen molar-refractivity contribution in [1.82, 2.24) is 24.8 Å². The predicted octanol–water partition coefficient (Wildman–Crippen LogP) is 8.29. The van der Waals surface area contributed by atoms with E-state index in [9.17, 15) is 9.59 Å². The quantitative estimate of drug-likeness (QED) is 0.195. The number of aromatic nitrogens is 4. The molecule has 2 aromatic carbocycles. The van der Waals surface area contributed by atoms with Gasteiger partial charge in [-0.1, -0.05) is 61.9 Å². The molecule has 2 aromatic heterocycles. The van der Waals surface area contributed by atoms with Gasteiger partial charge in [-0.3, -0.25) is 14.5 Å². The molecule has 4 aliphatic heterocycles. The number of rotatable bonds is 3. The number of H-pyrrole nitrogens is 2. The Balaban J connectivity index is 1.52. The molecule has 0 unspecified atom stereocenters. The third kappa shape index (κ3) is 4.81. The number of carbonyl (C=O) groups excluding carboxylic acids is 2. The van der Waals surface area contributed by atoms with Crippen LogP contribution in [0.15, 0.2) is 60.7 Å². The minimum Gasteiger partial charge on any atom is -0.361 e. The van der Waals surface area contributed by atoms with Gasteiger partial charge in [0.2, 0.25) is 0 Å². The molecular weight excluding hydrogens is 582 g/mol. The summed E-state index contributed by atoms with van der Waals surface area (Å²) in [6.45, 7) is 10.8. The van der Waals surface area contributed by atoms with Gasteiger partial charge in [-0.05, 0) is 91.9 Å². The van der Waals surface area contributed by atoms with Crippen LogP contribution in [0.25, 0.3) is 46.5 Å². The van der Waals surface area contributed by atoms with Crippen LogP contribution in [0, 0.1) is 20.8 Å². The number of hydrogen-bond donors (Lipinski definition) is 2. The maximum atomic E-state index is 14.5. The smallest absolute Gasteiger partial charge is 0.264 e. The summed E-state index contributed by atoms with van der Waals surface area (Å²) >= 11 is 0. The van der Waals surface area contributed by atoms with E-state index in [1.165, 1.54) is 10.5 Å². The highest BCUT2D eigenvalue weighted by Crippen LogP contribution is 2.40. The van der Waals surface area contributed by atoms with E-state index in [1.54, 1.807) is 0 Å². The van der Waals surface area contributed by atoms with Crippen LogP contribution in [0.1, 0.15) is 91.0 Å². The minimum atomic E-state index is -0.318. The van der Waals surface area contributed by atoms with Crippen molar-refractivity contribution in [3.8, 4) is 11.1 Å². The van der Waals surface area contributed by atoms with Crippen molar-refractivity contribution in [3.05, 3.63) is 128 Å². The zero-order valence-electron chi connectivity index (χ0n) is 27.2. The number of carbonyl (C=O) groups is 2. The highest BCUT2D eigenvalue weighted by atomic mass is 16.2. The number of fused-ring (bicyclic) bond motifs is 8. The van der Waals surface area contributed by atoms with Gasteiger partial charge in [0.15, 0.2) is 0 Å². The van der Waals surface area contributed by atoms with Gasteiger partial charge in [0.25, 0.3) is 11.8 Å². The first kappa shape index (κ1) is 28.9. The van der Waals surface area contributed by atoms with E-state index in [2.05, 4.69) is 62.8 Å². The van der Waals surface area contributed by atoms with Crippen LogP contribution in [0.4, 0.5) is 0 Å². The fourth-order valence-corrected chi connectivity index (χ4v) is 7.35. The van der Waals surface area contributed by atoms with Crippen molar-refractivity contribution in [1.29, 1.82) is 0 Å². The van der Waals surface area contributed by atoms with E-state index < -0.39 is 0 Å². The molecule has 7 nitrogen and oxygen atoms in total. The Hall–Kier alpha value is -5.56. The van der Waals surface area contributed by atoms with E-state index in [-0.39, 0.29) is 23.8 Å². The van der Waals surface area contributed by atoms with E-state index in [1.807, 2.05) is 66.8 Å². The summed E-state index contributed by atoms with van der Waals surface area (Å²) in [5.74, 6) is -0.636. The van der Waals surface area contributed by atoms with Crippen LogP contribution in [-0.2, 0) is 18.4 Å². The molecule has 4 aromatic rings. The summed E-state index contributed by atoms with van der Waals surface area (Å²) in [4.78, 5) is 47.4. The van der Waals surface area contributed by atoms with Gasteiger partial charge in [-0.15, -0.1) is 0 Å². The van der Waals surface area contributed by atoms with E-state index in [4.69, 9.17) is 9.97 Å². The first-order valence-electron chi connectivity index (χ1n) is 16.0. The van der Waals surface area contributed by atoms with Crippen LogP contribution in [-0.4, -0.2) is 36.7 Å². The molecule has 0 saturated heterocycles. The maximum Gasteiger partial charge on any atom is 0.264 e. The first-order chi connectivity index (χ1) is 22.6. The fraction of sp³-hybridized carbons (Fsp3) is 0.200. The Labute approximate surface area is 273 Å². The van der Waals surface area contributed by atoms with Gasteiger partial charge < -0.3 is 9.97 Å². The lowest BCUT2D eigenvalue weighted by Gasteiger charge is -2.25. The highest BCUT2D eigenvalue weighted by Gasteiger charge is 2.38. The molecule has 2 N–H and O–H groups in total. The molecule has 232 valence electrons. The molecule has 0 spiro atoms. The molecular formula is C40H35N5O2. The van der Waals surface area contributed by atoms with Crippen molar-refractivity contribution in [3.63, 3.8) is 0 Å². The van der Waals surface area contributed by atoms with Gasteiger partial charge in [0.1, 0.15) is 0 Å². The second kappa shape index (κ2) is 10.5. The second-order valence-electron chi connectivity index (χ2n) is 13.6. The molecule has 4 aliphatic rings. The van der Waals surface area contributed by atoms with Crippen LogP contribution in [0.3, 0.4) is 0 Å². The number of hydrogen-bond acceptors (Lipinski definition) is 4. The van der Waals surface area contributed by atoms with E-state index in [0.29, 0.717) is 23.1 Å². The molecule has 8 rings (SSSR count). The summed E-state index contributed by atoms with van der Waals surface area (Å²) in [6.07, 6.45) is 8.62. The maximum absolute atomic E-state index is 14.5. The molecule has 6 heterocycles. The average molecular weight is 618 g/mol. The molecule has 0 fully saturated rings. The number of benzene rings is 2. The van der Waals surface area contributed by atoms with Crippen LogP contribution in [0.5, 0.6) is 0 Å². The molecule has 0 saturated carbocycles. The van der Waals surface area contributed by atoms with E-state index >= 15 is 0 Å². The number of aromatic amines is 2. The Morgan fingerprint density at radius 3 is 2.17 bits per heavy atom. The summed E-state index contributed by atoms with van der Waals surface area (Å²) in [5, 5.41) is 0. The topological polar surface area (TPSA) is 94.7 Å². The number of amides is 2. The van der Waals surface area contributed by atoms with Crippen molar-refractivity contribution in [2.24, 2.45) is 0 Å². The SMILES string of the molecule is Cc1cc(C)c(-c2c3nc(cc4nc(cc5[nH]c(c6c7[nH]c2cc7C(=O)N(Cc2ccccc2)C6=O)CC5(C)C)C=C4)C=C3)c(C)c1. The summed E-state index contributed by atoms with van der Waals surface area (Å²) in [6, 6.07) is 20.0.